The van der Waals surface area contributed by atoms with E-state index in [0.29, 0.717) is 17.5 Å². The van der Waals surface area contributed by atoms with Crippen LogP contribution >= 0.6 is 0 Å². The molecule has 0 saturated carbocycles. The lowest BCUT2D eigenvalue weighted by Crippen LogP contribution is -2.05. The molecule has 0 N–H and O–H groups in total. The lowest BCUT2D eigenvalue weighted by molar-refractivity contribution is 0.889. The highest BCUT2D eigenvalue weighted by molar-refractivity contribution is 6.26. The Hall–Kier alpha value is -7.69. The van der Waals surface area contributed by atoms with Crippen LogP contribution in [0.5, 0.6) is 0 Å². The van der Waals surface area contributed by atoms with Crippen molar-refractivity contribution in [2.75, 3.05) is 0 Å². The van der Waals surface area contributed by atoms with Crippen LogP contribution in [0.3, 0.4) is 0 Å². The van der Waals surface area contributed by atoms with Gasteiger partial charge in [0.05, 0.1) is 5.52 Å². The second kappa shape index (κ2) is 15.2. The molecule has 0 aliphatic heterocycles. The summed E-state index contributed by atoms with van der Waals surface area (Å²) in [6.45, 7) is 4.00. The van der Waals surface area contributed by atoms with E-state index in [1.807, 2.05) is 50.2 Å². The minimum atomic E-state index is 0.643. The molecule has 4 heteroatoms. The van der Waals surface area contributed by atoms with Crippen LogP contribution < -0.4 is 0 Å². The highest BCUT2D eigenvalue weighted by atomic mass is 15.0. The first-order valence-electron chi connectivity index (χ1n) is 21.3. The number of aromatic nitrogens is 4. The summed E-state index contributed by atoms with van der Waals surface area (Å²) < 4.78 is 2.53. The minimum absolute atomic E-state index is 0.643. The SMILES string of the molecule is C1=Cc2c(n(-c3cccc(-c4nc(-c5ccccc5)nc(-c5ccccc5)n4)c3)c3c(-c4ccc5c6ccccc6c6ccccc6c5c4)c4ccccc4cc23)CC1.CC. The lowest BCUT2D eigenvalue weighted by Gasteiger charge is -2.18. The van der Waals surface area contributed by atoms with Gasteiger partial charge in [0.25, 0.3) is 0 Å². The van der Waals surface area contributed by atoms with Crippen molar-refractivity contribution in [2.45, 2.75) is 26.7 Å². The first-order valence-corrected chi connectivity index (χ1v) is 21.3. The van der Waals surface area contributed by atoms with Gasteiger partial charge in [-0.25, -0.2) is 15.0 Å². The van der Waals surface area contributed by atoms with Crippen molar-refractivity contribution in [2.24, 2.45) is 0 Å². The number of nitrogens with zero attached hydrogens (tertiary/aromatic N) is 4. The zero-order chi connectivity index (χ0) is 40.9. The molecule has 0 saturated heterocycles. The standard InChI is InChI=1S/C55H36N4.C2H6/c1-3-16-35(17-4-1)53-56-54(36-18-5-2-6-19-36)58-55(57-53)39-21-15-22-40(32-39)59-50-29-14-13-28-47(50)49-33-37-20-7-8-23-41(37)51(52(49)59)38-30-31-46-44-26-10-9-24-42(44)43-25-11-12-27-45(43)48(46)34-38;1-2/h1-13,15-28,30-34H,14,29H2;1-2H3. The molecule has 0 bridgehead atoms. The molecular formula is C57H42N4. The second-order valence-corrected chi connectivity index (χ2v) is 15.4. The number of allylic oxidation sites excluding steroid dienone is 1. The van der Waals surface area contributed by atoms with Crippen LogP contribution in [-0.4, -0.2) is 19.5 Å². The van der Waals surface area contributed by atoms with Gasteiger partial charge >= 0.3 is 0 Å². The normalized spacial score (nSPS) is 12.2. The third kappa shape index (κ3) is 6.10. The highest BCUT2D eigenvalue weighted by Gasteiger charge is 2.24. The van der Waals surface area contributed by atoms with Gasteiger partial charge in [-0.1, -0.05) is 184 Å². The third-order valence-corrected chi connectivity index (χ3v) is 12.0. The summed E-state index contributed by atoms with van der Waals surface area (Å²) in [6, 6.07) is 65.2. The molecule has 2 heterocycles. The number of fused-ring (bicyclic) bond motifs is 10. The van der Waals surface area contributed by atoms with Crippen LogP contribution in [0.4, 0.5) is 0 Å². The maximum Gasteiger partial charge on any atom is 0.164 e. The van der Waals surface area contributed by atoms with Gasteiger partial charge in [-0.15, -0.1) is 0 Å². The Morgan fingerprint density at radius 2 is 0.934 bits per heavy atom. The molecule has 61 heavy (non-hydrogen) atoms. The molecule has 0 atom stereocenters. The highest BCUT2D eigenvalue weighted by Crippen LogP contribution is 2.45. The first-order chi connectivity index (χ1) is 30.3. The Balaban J connectivity index is 0.00000207. The number of hydrogen-bond acceptors (Lipinski definition) is 3. The van der Waals surface area contributed by atoms with E-state index in [-0.39, 0.29) is 0 Å². The number of benzene rings is 9. The van der Waals surface area contributed by atoms with E-state index in [9.17, 15) is 0 Å². The molecule has 9 aromatic carbocycles. The lowest BCUT2D eigenvalue weighted by atomic mass is 9.89. The summed E-state index contributed by atoms with van der Waals surface area (Å²) in [5, 5.41) is 11.4. The summed E-state index contributed by atoms with van der Waals surface area (Å²) in [6.07, 6.45) is 6.59. The molecule has 12 rings (SSSR count). The van der Waals surface area contributed by atoms with Gasteiger partial charge in [0.15, 0.2) is 17.5 Å². The largest absolute Gasteiger partial charge is 0.312 e. The molecular weight excluding hydrogens is 741 g/mol. The summed E-state index contributed by atoms with van der Waals surface area (Å²) in [7, 11) is 0. The number of hydrogen-bond donors (Lipinski definition) is 0. The molecule has 2 aromatic heterocycles. The van der Waals surface area contributed by atoms with E-state index < -0.39 is 0 Å². The molecule has 290 valence electrons. The van der Waals surface area contributed by atoms with Crippen molar-refractivity contribution in [3.63, 3.8) is 0 Å². The van der Waals surface area contributed by atoms with Crippen molar-refractivity contribution in [1.29, 1.82) is 0 Å². The zero-order valence-electron chi connectivity index (χ0n) is 34.2. The van der Waals surface area contributed by atoms with Crippen LogP contribution in [0, 0.1) is 0 Å². The molecule has 0 unspecified atom stereocenters. The average molecular weight is 783 g/mol. The molecule has 0 fully saturated rings. The Morgan fingerprint density at radius 3 is 1.57 bits per heavy atom. The molecule has 1 aliphatic rings. The monoisotopic (exact) mass is 782 g/mol. The van der Waals surface area contributed by atoms with E-state index in [4.69, 9.17) is 15.0 Å². The van der Waals surface area contributed by atoms with Crippen molar-refractivity contribution < 1.29 is 0 Å². The van der Waals surface area contributed by atoms with Crippen molar-refractivity contribution in [3.8, 4) is 51.0 Å². The molecule has 4 nitrogen and oxygen atoms in total. The van der Waals surface area contributed by atoms with Gasteiger partial charge in [0, 0.05) is 44.6 Å². The molecule has 11 aromatic rings. The van der Waals surface area contributed by atoms with Gasteiger partial charge < -0.3 is 4.57 Å². The fourth-order valence-corrected chi connectivity index (χ4v) is 9.40. The van der Waals surface area contributed by atoms with E-state index in [0.717, 1.165) is 35.2 Å². The number of rotatable bonds is 5. The smallest absolute Gasteiger partial charge is 0.164 e. The molecule has 1 aliphatic carbocycles. The maximum atomic E-state index is 5.11. The zero-order valence-corrected chi connectivity index (χ0v) is 34.2. The second-order valence-electron chi connectivity index (χ2n) is 15.4. The van der Waals surface area contributed by atoms with Gasteiger partial charge in [-0.2, -0.15) is 0 Å². The van der Waals surface area contributed by atoms with E-state index >= 15 is 0 Å². The Labute approximate surface area is 355 Å². The van der Waals surface area contributed by atoms with Crippen molar-refractivity contribution in [1.82, 2.24) is 19.5 Å². The van der Waals surface area contributed by atoms with E-state index in [1.54, 1.807) is 0 Å². The van der Waals surface area contributed by atoms with Gasteiger partial charge in [0.2, 0.25) is 0 Å². The summed E-state index contributed by atoms with van der Waals surface area (Å²) in [5.74, 6) is 1.95. The summed E-state index contributed by atoms with van der Waals surface area (Å²) in [4.78, 5) is 15.2. The Morgan fingerprint density at radius 1 is 0.410 bits per heavy atom. The van der Waals surface area contributed by atoms with Gasteiger partial charge in [-0.3, -0.25) is 0 Å². The van der Waals surface area contributed by atoms with Crippen LogP contribution in [0.25, 0.3) is 111 Å². The average Bonchev–Trinajstić information content (AvgIpc) is 3.68. The quantitative estimate of drug-likeness (QED) is 0.163. The predicted octanol–water partition coefficient (Wildman–Crippen LogP) is 15.1. The fourth-order valence-electron chi connectivity index (χ4n) is 9.40. The Kier molecular flexibility index (Phi) is 9.05. The minimum Gasteiger partial charge on any atom is -0.312 e. The molecule has 0 spiro atoms. The van der Waals surface area contributed by atoms with Crippen molar-refractivity contribution in [3.05, 3.63) is 199 Å². The van der Waals surface area contributed by atoms with E-state index in [1.165, 1.54) is 76.4 Å². The topological polar surface area (TPSA) is 43.6 Å². The van der Waals surface area contributed by atoms with Crippen LogP contribution in [0.2, 0.25) is 0 Å². The third-order valence-electron chi connectivity index (χ3n) is 12.0. The predicted molar refractivity (Wildman–Crippen MR) is 257 cm³/mol. The van der Waals surface area contributed by atoms with Gasteiger partial charge in [0.1, 0.15) is 0 Å². The first kappa shape index (κ1) is 36.4. The Bertz CT molecular complexity index is 3400. The van der Waals surface area contributed by atoms with Gasteiger partial charge in [-0.05, 0) is 85.8 Å². The molecule has 0 amide bonds. The van der Waals surface area contributed by atoms with Crippen LogP contribution in [0.15, 0.2) is 188 Å². The molecule has 0 radical (unpaired) electrons. The van der Waals surface area contributed by atoms with Crippen LogP contribution in [-0.2, 0) is 6.42 Å². The summed E-state index contributed by atoms with van der Waals surface area (Å²) in [5.41, 5.74) is 10.2. The van der Waals surface area contributed by atoms with E-state index in [2.05, 4.69) is 162 Å². The van der Waals surface area contributed by atoms with Crippen LogP contribution in [0.1, 0.15) is 31.5 Å². The maximum absolute atomic E-state index is 5.11. The summed E-state index contributed by atoms with van der Waals surface area (Å²) >= 11 is 0. The van der Waals surface area contributed by atoms with Crippen molar-refractivity contribution >= 4 is 60.1 Å². The fraction of sp³-hybridized carbons (Fsp3) is 0.0702.